The highest BCUT2D eigenvalue weighted by atomic mass is 16.7. The second-order valence-corrected chi connectivity index (χ2v) is 9.69. The van der Waals surface area contributed by atoms with Gasteiger partial charge in [-0.25, -0.2) is 4.79 Å². The largest absolute Gasteiger partial charge is 0.477 e. The minimum absolute atomic E-state index is 0.0951. The average Bonchev–Trinajstić information content (AvgIpc) is 2.87. The monoisotopic (exact) mass is 555 g/mol. The standard InChI is InChI=1S/C23H41NO14/c1-11-16(29)18(31)19(32)21(37-11)35-7-5-3-4-6-8-36-23(22(33)34)9-13(27)15(24-12(2)26)20(38-23)17(30)14(28)10-25/h11,13-21,25,27-32H,3-10H2,1-2H3,(H,24,26)(H,33,34)/t11-,13-,14+,15+,16+,17+,18+,19-,20-,21+,23+/m0/s1. The molecule has 2 aliphatic rings. The maximum Gasteiger partial charge on any atom is 0.364 e. The van der Waals surface area contributed by atoms with E-state index in [4.69, 9.17) is 18.9 Å². The number of carboxylic acid groups (broad SMARTS) is 1. The van der Waals surface area contributed by atoms with Crippen molar-refractivity contribution in [2.24, 2.45) is 0 Å². The molecule has 0 aromatic heterocycles. The van der Waals surface area contributed by atoms with Crippen molar-refractivity contribution in [1.82, 2.24) is 5.32 Å². The number of hydrogen-bond donors (Lipinski definition) is 9. The zero-order chi connectivity index (χ0) is 28.6. The molecular weight excluding hydrogens is 514 g/mol. The van der Waals surface area contributed by atoms with E-state index in [2.05, 4.69) is 5.32 Å². The molecule has 38 heavy (non-hydrogen) atoms. The summed E-state index contributed by atoms with van der Waals surface area (Å²) in [5, 5.41) is 81.7. The van der Waals surface area contributed by atoms with Crippen molar-refractivity contribution in [2.75, 3.05) is 19.8 Å². The Balaban J connectivity index is 1.84. The highest BCUT2D eigenvalue weighted by Gasteiger charge is 2.55. The highest BCUT2D eigenvalue weighted by Crippen LogP contribution is 2.34. The van der Waals surface area contributed by atoms with Crippen LogP contribution in [-0.4, -0.2) is 140 Å². The van der Waals surface area contributed by atoms with Gasteiger partial charge in [-0.15, -0.1) is 0 Å². The molecule has 2 aliphatic heterocycles. The van der Waals surface area contributed by atoms with Gasteiger partial charge in [0.2, 0.25) is 5.91 Å². The number of carbonyl (C=O) groups excluding carboxylic acids is 1. The smallest absolute Gasteiger partial charge is 0.364 e. The molecule has 2 heterocycles. The number of aliphatic hydroxyl groups excluding tert-OH is 7. The van der Waals surface area contributed by atoms with Crippen LogP contribution in [0.1, 0.15) is 46.0 Å². The molecular formula is C23H41NO14. The van der Waals surface area contributed by atoms with Gasteiger partial charge in [0.15, 0.2) is 6.29 Å². The average molecular weight is 556 g/mol. The molecule has 2 fully saturated rings. The van der Waals surface area contributed by atoms with Crippen molar-refractivity contribution < 1.29 is 69.4 Å². The van der Waals surface area contributed by atoms with Crippen LogP contribution in [0.25, 0.3) is 0 Å². The van der Waals surface area contributed by atoms with Crippen molar-refractivity contribution >= 4 is 11.9 Å². The first-order valence-corrected chi connectivity index (χ1v) is 12.6. The molecule has 0 aromatic rings. The molecule has 15 heteroatoms. The van der Waals surface area contributed by atoms with Gasteiger partial charge in [-0.05, 0) is 19.8 Å². The number of aliphatic carboxylic acids is 1. The molecule has 2 saturated heterocycles. The van der Waals surface area contributed by atoms with Crippen LogP contribution in [0.5, 0.6) is 0 Å². The van der Waals surface area contributed by atoms with Crippen molar-refractivity contribution in [3.05, 3.63) is 0 Å². The van der Waals surface area contributed by atoms with E-state index in [0.29, 0.717) is 25.7 Å². The van der Waals surface area contributed by atoms with Gasteiger partial charge in [0.05, 0.1) is 31.5 Å². The van der Waals surface area contributed by atoms with Crippen LogP contribution in [-0.2, 0) is 28.5 Å². The Morgan fingerprint density at radius 2 is 1.66 bits per heavy atom. The number of nitrogens with one attached hydrogen (secondary N) is 1. The van der Waals surface area contributed by atoms with Crippen molar-refractivity contribution in [3.63, 3.8) is 0 Å². The van der Waals surface area contributed by atoms with Crippen molar-refractivity contribution in [3.8, 4) is 0 Å². The van der Waals surface area contributed by atoms with Gasteiger partial charge in [0, 0.05) is 20.0 Å². The van der Waals surface area contributed by atoms with Gasteiger partial charge in [-0.1, -0.05) is 12.8 Å². The summed E-state index contributed by atoms with van der Waals surface area (Å²) in [7, 11) is 0. The van der Waals surface area contributed by atoms with Crippen LogP contribution >= 0.6 is 0 Å². The molecule has 0 spiro atoms. The first kappa shape index (κ1) is 32.7. The lowest BCUT2D eigenvalue weighted by atomic mass is 9.88. The summed E-state index contributed by atoms with van der Waals surface area (Å²) in [4.78, 5) is 23.6. The van der Waals surface area contributed by atoms with Crippen LogP contribution < -0.4 is 5.32 Å². The van der Waals surface area contributed by atoms with E-state index in [1.165, 1.54) is 0 Å². The summed E-state index contributed by atoms with van der Waals surface area (Å²) < 4.78 is 21.9. The lowest BCUT2D eigenvalue weighted by molar-refractivity contribution is -0.311. The van der Waals surface area contributed by atoms with Gasteiger partial charge < -0.3 is 65.1 Å². The predicted molar refractivity (Wildman–Crippen MR) is 125 cm³/mol. The molecule has 0 aromatic carbocycles. The quantitative estimate of drug-likeness (QED) is 0.0947. The van der Waals surface area contributed by atoms with Gasteiger partial charge >= 0.3 is 5.97 Å². The van der Waals surface area contributed by atoms with Crippen LogP contribution in [0, 0.1) is 0 Å². The van der Waals surface area contributed by atoms with E-state index in [1.54, 1.807) is 6.92 Å². The van der Waals surface area contributed by atoms with E-state index < -0.39 is 91.9 Å². The fourth-order valence-electron chi connectivity index (χ4n) is 4.42. The van der Waals surface area contributed by atoms with Crippen LogP contribution in [0.3, 0.4) is 0 Å². The SMILES string of the molecule is CC(=O)N[C@H]1[C@@H]([C@H](O)[C@H](O)CO)O[C@@](OCCCCCCO[C@@H]2O[C@@H](C)[C@@H](O)[C@@H](O)[C@@H]2O)(C(=O)O)C[C@@H]1O. The van der Waals surface area contributed by atoms with Crippen LogP contribution in [0.4, 0.5) is 0 Å². The fraction of sp³-hybridized carbons (Fsp3) is 0.913. The highest BCUT2D eigenvalue weighted by molar-refractivity contribution is 5.76. The minimum Gasteiger partial charge on any atom is -0.477 e. The number of aliphatic hydroxyl groups is 7. The second kappa shape index (κ2) is 14.8. The van der Waals surface area contributed by atoms with E-state index >= 15 is 0 Å². The van der Waals surface area contributed by atoms with E-state index in [1.807, 2.05) is 0 Å². The van der Waals surface area contributed by atoms with Crippen LogP contribution in [0.15, 0.2) is 0 Å². The maximum atomic E-state index is 12.1. The third-order valence-corrected chi connectivity index (χ3v) is 6.65. The maximum absolute atomic E-state index is 12.1. The Bertz CT molecular complexity index is 758. The van der Waals surface area contributed by atoms with Gasteiger partial charge in [0.25, 0.3) is 5.79 Å². The third kappa shape index (κ3) is 8.25. The lowest BCUT2D eigenvalue weighted by Crippen LogP contribution is -2.67. The van der Waals surface area contributed by atoms with Gasteiger partial charge in [-0.3, -0.25) is 4.79 Å². The topological polar surface area (TPSA) is 245 Å². The number of amides is 1. The first-order chi connectivity index (χ1) is 17.8. The predicted octanol–water partition coefficient (Wildman–Crippen LogP) is -3.44. The molecule has 9 N–H and O–H groups in total. The summed E-state index contributed by atoms with van der Waals surface area (Å²) in [6.45, 7) is 1.93. The van der Waals surface area contributed by atoms with E-state index in [-0.39, 0.29) is 13.2 Å². The second-order valence-electron chi connectivity index (χ2n) is 9.69. The van der Waals surface area contributed by atoms with E-state index in [0.717, 1.165) is 6.92 Å². The minimum atomic E-state index is -2.37. The lowest BCUT2D eigenvalue weighted by Gasteiger charge is -2.46. The molecule has 0 bridgehead atoms. The number of carboxylic acids is 1. The van der Waals surface area contributed by atoms with Gasteiger partial charge in [0.1, 0.15) is 36.6 Å². The summed E-state index contributed by atoms with van der Waals surface area (Å²) in [5.41, 5.74) is 0. The Morgan fingerprint density at radius 3 is 2.24 bits per heavy atom. The molecule has 0 radical (unpaired) electrons. The molecule has 0 aliphatic carbocycles. The molecule has 0 unspecified atom stereocenters. The summed E-state index contributed by atoms with van der Waals surface area (Å²) in [6, 6.07) is -1.26. The Morgan fingerprint density at radius 1 is 1.03 bits per heavy atom. The Kier molecular flexibility index (Phi) is 12.7. The zero-order valence-corrected chi connectivity index (χ0v) is 21.5. The zero-order valence-electron chi connectivity index (χ0n) is 21.5. The number of rotatable bonds is 14. The molecule has 1 amide bonds. The third-order valence-electron chi connectivity index (χ3n) is 6.65. The molecule has 15 nitrogen and oxygen atoms in total. The molecule has 2 rings (SSSR count). The summed E-state index contributed by atoms with van der Waals surface area (Å²) in [6.07, 6.45) is -10.9. The summed E-state index contributed by atoms with van der Waals surface area (Å²) in [5.74, 6) is -4.53. The number of carbonyl (C=O) groups is 2. The molecule has 222 valence electrons. The molecule has 0 saturated carbocycles. The van der Waals surface area contributed by atoms with Crippen molar-refractivity contribution in [2.45, 2.75) is 113 Å². The Hall–Kier alpha value is -1.50. The van der Waals surface area contributed by atoms with Gasteiger partial charge in [-0.2, -0.15) is 0 Å². The van der Waals surface area contributed by atoms with Crippen molar-refractivity contribution in [1.29, 1.82) is 0 Å². The fourth-order valence-corrected chi connectivity index (χ4v) is 4.42. The van der Waals surface area contributed by atoms with Crippen LogP contribution in [0.2, 0.25) is 0 Å². The first-order valence-electron chi connectivity index (χ1n) is 12.6. The number of unbranched alkanes of at least 4 members (excludes halogenated alkanes) is 3. The summed E-state index contributed by atoms with van der Waals surface area (Å²) >= 11 is 0. The molecule has 11 atom stereocenters. The normalized spacial score (nSPS) is 37.4. The van der Waals surface area contributed by atoms with E-state index in [9.17, 15) is 50.4 Å². The number of ether oxygens (including phenoxy) is 4. The Labute approximate surface area is 219 Å². The number of hydrogen-bond acceptors (Lipinski definition) is 13.